The van der Waals surface area contributed by atoms with Crippen LogP contribution in [0.15, 0.2) is 35.3 Å². The van der Waals surface area contributed by atoms with Gasteiger partial charge in [0, 0.05) is 47.3 Å². The number of ether oxygens (including phenoxy) is 1. The monoisotopic (exact) mass is 422 g/mol. The lowest BCUT2D eigenvalue weighted by atomic mass is 10.1. The number of carbonyl (C=O) groups is 1. The van der Waals surface area contributed by atoms with E-state index in [2.05, 4.69) is 30.9 Å². The Hall–Kier alpha value is -1.83. The molecule has 0 radical (unpaired) electrons. The molecule has 0 aliphatic rings. The van der Waals surface area contributed by atoms with Gasteiger partial charge >= 0.3 is 0 Å². The van der Waals surface area contributed by atoms with Gasteiger partial charge in [-0.15, -0.1) is 0 Å². The zero-order valence-electron chi connectivity index (χ0n) is 14.0. The van der Waals surface area contributed by atoms with Crippen molar-refractivity contribution in [2.75, 3.05) is 13.7 Å². The van der Waals surface area contributed by atoms with E-state index in [1.807, 2.05) is 18.4 Å². The summed E-state index contributed by atoms with van der Waals surface area (Å²) in [4.78, 5) is 25.4. The van der Waals surface area contributed by atoms with Gasteiger partial charge in [-0.25, -0.2) is 4.98 Å². The number of rotatable bonds is 5. The smallest absolute Gasteiger partial charge is 0.224 e. The number of pyridine rings is 1. The van der Waals surface area contributed by atoms with Gasteiger partial charge in [0.15, 0.2) is 5.78 Å². The summed E-state index contributed by atoms with van der Waals surface area (Å²) < 4.78 is 7.95. The molecule has 8 heteroatoms. The van der Waals surface area contributed by atoms with Crippen molar-refractivity contribution in [1.82, 2.24) is 19.5 Å². The van der Waals surface area contributed by atoms with Gasteiger partial charge in [0.05, 0.1) is 17.7 Å². The zero-order chi connectivity index (χ0) is 18.2. The SMILES string of the molecule is COCC(C)(C)n1cc(C(=O)c2cncc(Br)c2)c2cnc(Cl)nc21. The molecule has 3 aromatic heterocycles. The van der Waals surface area contributed by atoms with E-state index in [1.165, 1.54) is 6.20 Å². The van der Waals surface area contributed by atoms with E-state index >= 15 is 0 Å². The van der Waals surface area contributed by atoms with Gasteiger partial charge in [-0.3, -0.25) is 9.78 Å². The lowest BCUT2D eigenvalue weighted by molar-refractivity contribution is 0.103. The van der Waals surface area contributed by atoms with Gasteiger partial charge in [-0.05, 0) is 47.4 Å². The third-order valence-electron chi connectivity index (χ3n) is 3.88. The number of carbonyl (C=O) groups excluding carboxylic acids is 1. The number of nitrogens with zero attached hydrogens (tertiary/aromatic N) is 4. The fraction of sp³-hybridized carbons (Fsp3) is 0.294. The van der Waals surface area contributed by atoms with Crippen molar-refractivity contribution in [3.8, 4) is 0 Å². The molecular weight excluding hydrogens is 408 g/mol. The molecule has 0 aliphatic carbocycles. The van der Waals surface area contributed by atoms with Crippen molar-refractivity contribution in [3.63, 3.8) is 0 Å². The molecule has 6 nitrogen and oxygen atoms in total. The van der Waals surface area contributed by atoms with Crippen LogP contribution in [0, 0.1) is 0 Å². The summed E-state index contributed by atoms with van der Waals surface area (Å²) in [6.45, 7) is 4.45. The van der Waals surface area contributed by atoms with E-state index < -0.39 is 5.54 Å². The quantitative estimate of drug-likeness (QED) is 0.460. The Morgan fingerprint density at radius 1 is 1.36 bits per heavy atom. The molecule has 0 amide bonds. The lowest BCUT2D eigenvalue weighted by Crippen LogP contribution is -2.31. The van der Waals surface area contributed by atoms with Crippen molar-refractivity contribution in [3.05, 3.63) is 51.7 Å². The van der Waals surface area contributed by atoms with E-state index in [-0.39, 0.29) is 11.1 Å². The van der Waals surface area contributed by atoms with Crippen LogP contribution in [0.4, 0.5) is 0 Å². The van der Waals surface area contributed by atoms with E-state index in [0.717, 1.165) is 4.47 Å². The highest BCUT2D eigenvalue weighted by Gasteiger charge is 2.27. The summed E-state index contributed by atoms with van der Waals surface area (Å²) in [7, 11) is 1.63. The number of ketones is 1. The molecule has 0 spiro atoms. The van der Waals surface area contributed by atoms with Crippen LogP contribution in [-0.2, 0) is 10.3 Å². The van der Waals surface area contributed by atoms with Crippen molar-refractivity contribution < 1.29 is 9.53 Å². The number of methoxy groups -OCH3 is 1. The summed E-state index contributed by atoms with van der Waals surface area (Å²) >= 11 is 9.32. The molecule has 0 aliphatic heterocycles. The molecule has 130 valence electrons. The maximum absolute atomic E-state index is 13.0. The Balaban J connectivity index is 2.21. The molecule has 0 aromatic carbocycles. The van der Waals surface area contributed by atoms with Gasteiger partial charge in [0.2, 0.25) is 5.28 Å². The summed E-state index contributed by atoms with van der Waals surface area (Å²) in [6.07, 6.45) is 6.51. The van der Waals surface area contributed by atoms with Crippen LogP contribution in [0.5, 0.6) is 0 Å². The Bertz CT molecular complexity index is 955. The number of fused-ring (bicyclic) bond motifs is 1. The molecule has 3 heterocycles. The van der Waals surface area contributed by atoms with Crippen molar-refractivity contribution in [2.45, 2.75) is 19.4 Å². The topological polar surface area (TPSA) is 69.9 Å². The minimum absolute atomic E-state index is 0.128. The second-order valence-corrected chi connectivity index (χ2v) is 7.51. The van der Waals surface area contributed by atoms with E-state index in [9.17, 15) is 4.79 Å². The van der Waals surface area contributed by atoms with Gasteiger partial charge in [0.25, 0.3) is 0 Å². The predicted octanol–water partition coefficient (Wildman–Crippen LogP) is 3.85. The van der Waals surface area contributed by atoms with Crippen molar-refractivity contribution in [2.24, 2.45) is 0 Å². The second-order valence-electron chi connectivity index (χ2n) is 6.26. The first-order chi connectivity index (χ1) is 11.8. The first kappa shape index (κ1) is 18.0. The van der Waals surface area contributed by atoms with E-state index in [4.69, 9.17) is 16.3 Å². The number of aromatic nitrogens is 4. The second kappa shape index (κ2) is 6.82. The summed E-state index contributed by atoms with van der Waals surface area (Å²) in [5.74, 6) is -0.156. The largest absolute Gasteiger partial charge is 0.382 e. The molecule has 0 unspecified atom stereocenters. The third kappa shape index (κ3) is 3.44. The van der Waals surface area contributed by atoms with Crippen LogP contribution in [0.3, 0.4) is 0 Å². The van der Waals surface area contributed by atoms with Crippen LogP contribution >= 0.6 is 27.5 Å². The first-order valence-corrected chi connectivity index (χ1v) is 8.69. The van der Waals surface area contributed by atoms with Crippen LogP contribution in [0.1, 0.15) is 29.8 Å². The normalized spacial score (nSPS) is 11.9. The highest BCUT2D eigenvalue weighted by molar-refractivity contribution is 9.10. The average molecular weight is 424 g/mol. The molecule has 0 atom stereocenters. The molecular formula is C17H16BrClN4O2. The molecule has 0 bridgehead atoms. The predicted molar refractivity (Wildman–Crippen MR) is 99.1 cm³/mol. The molecule has 0 saturated carbocycles. The van der Waals surface area contributed by atoms with Gasteiger partial charge in [-0.1, -0.05) is 0 Å². The van der Waals surface area contributed by atoms with Crippen LogP contribution < -0.4 is 0 Å². The van der Waals surface area contributed by atoms with Gasteiger partial charge < -0.3 is 9.30 Å². The summed E-state index contributed by atoms with van der Waals surface area (Å²) in [5, 5.41) is 0.766. The third-order valence-corrected chi connectivity index (χ3v) is 4.49. The maximum Gasteiger partial charge on any atom is 0.224 e. The standard InChI is InChI=1S/C17H16BrClN4O2/c1-17(2,9-25-3)23-8-13(12-7-21-16(19)22-15(12)23)14(24)10-4-11(18)6-20-5-10/h4-8H,9H2,1-3H3. The van der Waals surface area contributed by atoms with Crippen LogP contribution in [-0.4, -0.2) is 39.0 Å². The fourth-order valence-electron chi connectivity index (χ4n) is 2.74. The summed E-state index contributed by atoms with van der Waals surface area (Å²) in [5.41, 5.74) is 1.15. The van der Waals surface area contributed by atoms with E-state index in [1.54, 1.807) is 31.8 Å². The zero-order valence-corrected chi connectivity index (χ0v) is 16.3. The minimum Gasteiger partial charge on any atom is -0.382 e. The summed E-state index contributed by atoms with van der Waals surface area (Å²) in [6, 6.07) is 1.73. The fourth-order valence-corrected chi connectivity index (χ4v) is 3.24. The molecule has 0 saturated heterocycles. The lowest BCUT2D eigenvalue weighted by Gasteiger charge is -2.26. The molecule has 25 heavy (non-hydrogen) atoms. The first-order valence-electron chi connectivity index (χ1n) is 7.52. The Morgan fingerprint density at radius 3 is 2.80 bits per heavy atom. The van der Waals surface area contributed by atoms with Crippen molar-refractivity contribution in [1.29, 1.82) is 0 Å². The number of hydrogen-bond donors (Lipinski definition) is 0. The van der Waals surface area contributed by atoms with Crippen molar-refractivity contribution >= 4 is 44.3 Å². The Morgan fingerprint density at radius 2 is 2.12 bits per heavy atom. The Labute approximate surface area is 158 Å². The number of hydrogen-bond acceptors (Lipinski definition) is 5. The highest BCUT2D eigenvalue weighted by atomic mass is 79.9. The maximum atomic E-state index is 13.0. The Kier molecular flexibility index (Phi) is 4.90. The highest BCUT2D eigenvalue weighted by Crippen LogP contribution is 2.29. The molecule has 3 aromatic rings. The minimum atomic E-state index is -0.418. The molecule has 0 N–H and O–H groups in total. The molecule has 0 fully saturated rings. The van der Waals surface area contributed by atoms with Gasteiger partial charge in [-0.2, -0.15) is 4.98 Å². The van der Waals surface area contributed by atoms with Gasteiger partial charge in [0.1, 0.15) is 5.65 Å². The average Bonchev–Trinajstić information content (AvgIpc) is 2.93. The molecule has 3 rings (SSSR count). The van der Waals surface area contributed by atoms with Crippen LogP contribution in [0.2, 0.25) is 5.28 Å². The van der Waals surface area contributed by atoms with E-state index in [0.29, 0.717) is 28.8 Å². The van der Waals surface area contributed by atoms with Crippen LogP contribution in [0.25, 0.3) is 11.0 Å². The number of halogens is 2.